The first-order valence-electron chi connectivity index (χ1n) is 9.74. The maximum atomic E-state index is 13.6. The van der Waals surface area contributed by atoms with E-state index >= 15 is 0 Å². The zero-order chi connectivity index (χ0) is 21.3. The lowest BCUT2D eigenvalue weighted by molar-refractivity contribution is 0.0998. The molecule has 2 aromatic carbocycles. The SMILES string of the molecule is Cc1ccc(-n2c(-c3ccc(S)cc3)nc(N3CCNCC3)c(C(N)=O)c2=O)cc1. The molecule has 30 heavy (non-hydrogen) atoms. The molecule has 8 heteroatoms. The summed E-state index contributed by atoms with van der Waals surface area (Å²) < 4.78 is 1.46. The van der Waals surface area contributed by atoms with Gasteiger partial charge in [-0.2, -0.15) is 0 Å². The summed E-state index contributed by atoms with van der Waals surface area (Å²) in [5, 5.41) is 3.27. The number of hydrogen-bond donors (Lipinski definition) is 3. The van der Waals surface area contributed by atoms with Gasteiger partial charge < -0.3 is 16.0 Å². The first-order chi connectivity index (χ1) is 14.5. The van der Waals surface area contributed by atoms with Crippen LogP contribution < -0.4 is 21.5 Å². The van der Waals surface area contributed by atoms with E-state index in [4.69, 9.17) is 10.7 Å². The molecule has 0 unspecified atom stereocenters. The van der Waals surface area contributed by atoms with Crippen molar-refractivity contribution in [1.29, 1.82) is 0 Å². The molecule has 1 aliphatic rings. The molecule has 0 saturated carbocycles. The van der Waals surface area contributed by atoms with Gasteiger partial charge in [0.15, 0.2) is 0 Å². The highest BCUT2D eigenvalue weighted by molar-refractivity contribution is 7.80. The number of aromatic nitrogens is 2. The molecule has 1 aromatic heterocycles. The number of piperazine rings is 1. The average Bonchev–Trinajstić information content (AvgIpc) is 2.75. The molecule has 0 spiro atoms. The van der Waals surface area contributed by atoms with Crippen molar-refractivity contribution < 1.29 is 4.79 Å². The number of carbonyl (C=O) groups is 1. The lowest BCUT2D eigenvalue weighted by Crippen LogP contribution is -2.46. The second kappa shape index (κ2) is 8.33. The Morgan fingerprint density at radius 3 is 2.30 bits per heavy atom. The molecule has 1 amide bonds. The fourth-order valence-electron chi connectivity index (χ4n) is 3.57. The maximum absolute atomic E-state index is 13.6. The molecule has 2 heterocycles. The van der Waals surface area contributed by atoms with Crippen LogP contribution in [0.4, 0.5) is 5.82 Å². The summed E-state index contributed by atoms with van der Waals surface area (Å²) in [5.41, 5.74) is 7.53. The Labute approximate surface area is 180 Å². The van der Waals surface area contributed by atoms with Gasteiger partial charge in [0, 0.05) is 36.6 Å². The van der Waals surface area contributed by atoms with E-state index in [1.54, 1.807) is 0 Å². The second-order valence-corrected chi connectivity index (χ2v) is 7.77. The summed E-state index contributed by atoms with van der Waals surface area (Å²) in [4.78, 5) is 33.5. The van der Waals surface area contributed by atoms with E-state index in [0.717, 1.165) is 29.1 Å². The molecule has 4 rings (SSSR count). The number of thiol groups is 1. The van der Waals surface area contributed by atoms with E-state index < -0.39 is 11.5 Å². The van der Waals surface area contributed by atoms with E-state index in [-0.39, 0.29) is 5.56 Å². The summed E-state index contributed by atoms with van der Waals surface area (Å²) >= 11 is 4.35. The standard InChI is InChI=1S/C22H23N5O2S/c1-14-2-6-16(7-3-14)27-20(15-4-8-17(30)9-5-15)25-21(18(19(23)28)22(27)29)26-12-10-24-11-13-26/h2-9,24,30H,10-13H2,1H3,(H2,23,28). The molecule has 154 valence electrons. The molecular formula is C22H23N5O2S. The van der Waals surface area contributed by atoms with Crippen LogP contribution in [0.1, 0.15) is 15.9 Å². The quantitative estimate of drug-likeness (QED) is 0.561. The summed E-state index contributed by atoms with van der Waals surface area (Å²) in [6.45, 7) is 4.72. The van der Waals surface area contributed by atoms with Crippen LogP contribution in [-0.4, -0.2) is 41.6 Å². The Bertz CT molecular complexity index is 1130. The third-order valence-electron chi connectivity index (χ3n) is 5.14. The van der Waals surface area contributed by atoms with Crippen LogP contribution in [0.2, 0.25) is 0 Å². The van der Waals surface area contributed by atoms with Crippen molar-refractivity contribution in [3.8, 4) is 17.1 Å². The van der Waals surface area contributed by atoms with Crippen LogP contribution >= 0.6 is 12.6 Å². The third kappa shape index (κ3) is 3.83. The van der Waals surface area contributed by atoms with Gasteiger partial charge in [-0.05, 0) is 31.2 Å². The highest BCUT2D eigenvalue weighted by Gasteiger charge is 2.26. The van der Waals surface area contributed by atoms with Gasteiger partial charge in [0.2, 0.25) is 0 Å². The fraction of sp³-hybridized carbons (Fsp3) is 0.227. The molecular weight excluding hydrogens is 398 g/mol. The highest BCUT2D eigenvalue weighted by atomic mass is 32.1. The number of rotatable bonds is 4. The number of nitrogens with one attached hydrogen (secondary N) is 1. The highest BCUT2D eigenvalue weighted by Crippen LogP contribution is 2.26. The Morgan fingerprint density at radius 1 is 1.07 bits per heavy atom. The molecule has 0 aliphatic carbocycles. The monoisotopic (exact) mass is 421 g/mol. The minimum Gasteiger partial charge on any atom is -0.365 e. The van der Waals surface area contributed by atoms with Crippen LogP contribution in [0.5, 0.6) is 0 Å². The van der Waals surface area contributed by atoms with Crippen molar-refractivity contribution in [3.05, 3.63) is 70.0 Å². The van der Waals surface area contributed by atoms with Gasteiger partial charge in [-0.3, -0.25) is 14.2 Å². The lowest BCUT2D eigenvalue weighted by atomic mass is 10.1. The van der Waals surface area contributed by atoms with Crippen LogP contribution in [0, 0.1) is 6.92 Å². The largest absolute Gasteiger partial charge is 0.365 e. The average molecular weight is 422 g/mol. The van der Waals surface area contributed by atoms with Crippen LogP contribution in [0.25, 0.3) is 17.1 Å². The maximum Gasteiger partial charge on any atom is 0.273 e. The first kappa shape index (κ1) is 20.2. The number of nitrogens with two attached hydrogens (primary N) is 1. The molecule has 3 N–H and O–H groups in total. The van der Waals surface area contributed by atoms with Crippen LogP contribution in [0.3, 0.4) is 0 Å². The zero-order valence-corrected chi connectivity index (χ0v) is 17.5. The van der Waals surface area contributed by atoms with Crippen molar-refractivity contribution >= 4 is 24.4 Å². The van der Waals surface area contributed by atoms with E-state index in [1.807, 2.05) is 60.4 Å². The first-order valence-corrected chi connectivity index (χ1v) is 10.2. The van der Waals surface area contributed by atoms with Crippen molar-refractivity contribution in [2.45, 2.75) is 11.8 Å². The molecule has 0 atom stereocenters. The van der Waals surface area contributed by atoms with Gasteiger partial charge in [-0.1, -0.05) is 29.8 Å². The van der Waals surface area contributed by atoms with Crippen molar-refractivity contribution in [1.82, 2.24) is 14.9 Å². The summed E-state index contributed by atoms with van der Waals surface area (Å²) in [6, 6.07) is 14.9. The Kier molecular flexibility index (Phi) is 5.61. The Balaban J connectivity index is 2.03. The number of amides is 1. The van der Waals surface area contributed by atoms with Gasteiger partial charge in [0.1, 0.15) is 17.2 Å². The van der Waals surface area contributed by atoms with Gasteiger partial charge in [0.05, 0.1) is 5.69 Å². The molecule has 3 aromatic rings. The Hall–Kier alpha value is -3.10. The van der Waals surface area contributed by atoms with Crippen molar-refractivity contribution in [2.75, 3.05) is 31.1 Å². The van der Waals surface area contributed by atoms with Crippen molar-refractivity contribution in [3.63, 3.8) is 0 Å². The topological polar surface area (TPSA) is 93.2 Å². The molecule has 7 nitrogen and oxygen atoms in total. The number of benzene rings is 2. The molecule has 1 aliphatic heterocycles. The van der Waals surface area contributed by atoms with Crippen molar-refractivity contribution in [2.24, 2.45) is 5.73 Å². The van der Waals surface area contributed by atoms with E-state index in [9.17, 15) is 9.59 Å². The normalized spacial score (nSPS) is 14.0. The number of primary amides is 1. The zero-order valence-electron chi connectivity index (χ0n) is 16.6. The third-order valence-corrected chi connectivity index (χ3v) is 5.44. The number of anilines is 1. The summed E-state index contributed by atoms with van der Waals surface area (Å²) in [6.07, 6.45) is 0. The summed E-state index contributed by atoms with van der Waals surface area (Å²) in [7, 11) is 0. The lowest BCUT2D eigenvalue weighted by Gasteiger charge is -2.30. The molecule has 1 fully saturated rings. The second-order valence-electron chi connectivity index (χ2n) is 7.26. The van der Waals surface area contributed by atoms with Gasteiger partial charge in [-0.15, -0.1) is 12.6 Å². The van der Waals surface area contributed by atoms with Crippen LogP contribution in [0.15, 0.2) is 58.2 Å². The number of aryl methyl sites for hydroxylation is 1. The minimum atomic E-state index is -0.779. The number of hydrogen-bond acceptors (Lipinski definition) is 6. The van der Waals surface area contributed by atoms with E-state index in [1.165, 1.54) is 4.57 Å². The Morgan fingerprint density at radius 2 is 1.70 bits per heavy atom. The van der Waals surface area contributed by atoms with Gasteiger partial charge in [0.25, 0.3) is 11.5 Å². The fourth-order valence-corrected chi connectivity index (χ4v) is 3.72. The molecule has 0 radical (unpaired) electrons. The molecule has 0 bridgehead atoms. The van der Waals surface area contributed by atoms with Gasteiger partial charge >= 0.3 is 0 Å². The molecule has 1 saturated heterocycles. The van der Waals surface area contributed by atoms with Crippen LogP contribution in [-0.2, 0) is 0 Å². The number of carbonyl (C=O) groups excluding carboxylic acids is 1. The summed E-state index contributed by atoms with van der Waals surface area (Å²) in [5.74, 6) is 0.0113. The van der Waals surface area contributed by atoms with E-state index in [0.29, 0.717) is 30.4 Å². The predicted molar refractivity (Wildman–Crippen MR) is 121 cm³/mol. The smallest absolute Gasteiger partial charge is 0.273 e. The predicted octanol–water partition coefficient (Wildman–Crippen LogP) is 2.01. The minimum absolute atomic E-state index is 0.0907. The van der Waals surface area contributed by atoms with Gasteiger partial charge in [-0.25, -0.2) is 4.98 Å². The van der Waals surface area contributed by atoms with E-state index in [2.05, 4.69) is 17.9 Å². The number of nitrogens with zero attached hydrogens (tertiary/aromatic N) is 3.